The normalized spacial score (nSPS) is 13.5. The second-order valence-corrected chi connectivity index (χ2v) is 4.52. The Morgan fingerprint density at radius 3 is 2.27 bits per heavy atom. The van der Waals surface area contributed by atoms with Gasteiger partial charge in [0.15, 0.2) is 5.78 Å². The smallest absolute Gasteiger partial charge is 0.158 e. The molecule has 1 aromatic rings. The van der Waals surface area contributed by atoms with Crippen LogP contribution in [0.2, 0.25) is 0 Å². The molecule has 3 nitrogen and oxygen atoms in total. The first-order valence-corrected chi connectivity index (χ1v) is 5.29. The van der Waals surface area contributed by atoms with Crippen molar-refractivity contribution in [3.05, 3.63) is 23.5 Å². The van der Waals surface area contributed by atoms with E-state index in [-0.39, 0.29) is 17.7 Å². The van der Waals surface area contributed by atoms with Gasteiger partial charge in [-0.2, -0.15) is 0 Å². The van der Waals surface area contributed by atoms with E-state index < -0.39 is 0 Å². The second-order valence-electron chi connectivity index (χ2n) is 4.52. The summed E-state index contributed by atoms with van der Waals surface area (Å²) in [5, 5.41) is 0. The molecule has 0 amide bonds. The van der Waals surface area contributed by atoms with Gasteiger partial charge in [-0.15, -0.1) is 0 Å². The Hall–Kier alpha value is -1.09. The Balaban J connectivity index is 2.98. The maximum atomic E-state index is 12.0. The summed E-state index contributed by atoms with van der Waals surface area (Å²) in [6.07, 6.45) is 0. The first-order chi connectivity index (χ1) is 6.93. The lowest BCUT2D eigenvalue weighted by Crippen LogP contribution is -2.30. The molecule has 0 aliphatic heterocycles. The highest BCUT2D eigenvalue weighted by Gasteiger charge is 2.25. The first kappa shape index (κ1) is 12.0. The highest BCUT2D eigenvalue weighted by atomic mass is 16.1. The van der Waals surface area contributed by atoms with E-state index in [4.69, 9.17) is 0 Å². The molecule has 1 atom stereocenters. The molecule has 15 heavy (non-hydrogen) atoms. The van der Waals surface area contributed by atoms with Gasteiger partial charge in [-0.1, -0.05) is 13.8 Å². The standard InChI is InChI=1S/C12H20N2O/c1-8(2)12(15)11(14(4)5)10-7-6-9(3)13-10/h6-8,11,13H,1-5H3. The van der Waals surface area contributed by atoms with Crippen LogP contribution in [0.15, 0.2) is 12.1 Å². The van der Waals surface area contributed by atoms with Crippen molar-refractivity contribution in [2.45, 2.75) is 26.8 Å². The predicted molar refractivity (Wildman–Crippen MR) is 61.8 cm³/mol. The van der Waals surface area contributed by atoms with Crippen LogP contribution in [0, 0.1) is 12.8 Å². The lowest BCUT2D eigenvalue weighted by Gasteiger charge is -2.23. The van der Waals surface area contributed by atoms with Crippen molar-refractivity contribution in [1.82, 2.24) is 9.88 Å². The minimum atomic E-state index is -0.154. The number of hydrogen-bond donors (Lipinski definition) is 1. The van der Waals surface area contributed by atoms with Crippen LogP contribution in [0.25, 0.3) is 0 Å². The molecule has 1 rings (SSSR count). The van der Waals surface area contributed by atoms with Crippen LogP contribution < -0.4 is 0 Å². The largest absolute Gasteiger partial charge is 0.361 e. The number of aryl methyl sites for hydroxylation is 1. The first-order valence-electron chi connectivity index (χ1n) is 5.29. The minimum absolute atomic E-state index is 0.0565. The van der Waals surface area contributed by atoms with E-state index in [2.05, 4.69) is 4.98 Å². The maximum absolute atomic E-state index is 12.0. The molecule has 0 aromatic carbocycles. The van der Waals surface area contributed by atoms with Crippen LogP contribution in [0.3, 0.4) is 0 Å². The summed E-state index contributed by atoms with van der Waals surface area (Å²) in [6.45, 7) is 5.87. The summed E-state index contributed by atoms with van der Waals surface area (Å²) >= 11 is 0. The lowest BCUT2D eigenvalue weighted by molar-refractivity contribution is -0.126. The monoisotopic (exact) mass is 208 g/mol. The van der Waals surface area contributed by atoms with Gasteiger partial charge in [0, 0.05) is 17.3 Å². The number of hydrogen-bond acceptors (Lipinski definition) is 2. The van der Waals surface area contributed by atoms with E-state index in [0.717, 1.165) is 11.4 Å². The summed E-state index contributed by atoms with van der Waals surface area (Å²) in [4.78, 5) is 17.2. The third kappa shape index (κ3) is 2.69. The molecule has 0 saturated carbocycles. The summed E-state index contributed by atoms with van der Waals surface area (Å²) in [5.74, 6) is 0.308. The Morgan fingerprint density at radius 2 is 1.93 bits per heavy atom. The number of nitrogens with one attached hydrogen (secondary N) is 1. The Morgan fingerprint density at radius 1 is 1.33 bits per heavy atom. The zero-order valence-electron chi connectivity index (χ0n) is 10.2. The van der Waals surface area contributed by atoms with E-state index in [1.807, 2.05) is 51.9 Å². The van der Waals surface area contributed by atoms with Crippen LogP contribution >= 0.6 is 0 Å². The molecule has 84 valence electrons. The Kier molecular flexibility index (Phi) is 3.69. The highest BCUT2D eigenvalue weighted by Crippen LogP contribution is 2.21. The summed E-state index contributed by atoms with van der Waals surface area (Å²) in [5.41, 5.74) is 2.07. The molecule has 1 unspecified atom stereocenters. The van der Waals surface area contributed by atoms with Crippen molar-refractivity contribution in [1.29, 1.82) is 0 Å². The predicted octanol–water partition coefficient (Wildman–Crippen LogP) is 2.15. The maximum Gasteiger partial charge on any atom is 0.158 e. The number of aromatic nitrogens is 1. The Labute approximate surface area is 91.5 Å². The number of Topliss-reactive ketones (excluding diaryl/α,β-unsaturated/α-hetero) is 1. The van der Waals surface area contributed by atoms with Gasteiger partial charge < -0.3 is 4.98 Å². The number of rotatable bonds is 4. The number of carbonyl (C=O) groups excluding carboxylic acids is 1. The molecule has 0 bridgehead atoms. The quantitative estimate of drug-likeness (QED) is 0.823. The SMILES string of the molecule is Cc1ccc(C(C(=O)C(C)C)N(C)C)[nH]1. The van der Waals surface area contributed by atoms with Gasteiger partial charge in [-0.05, 0) is 33.2 Å². The average Bonchev–Trinajstić information content (AvgIpc) is 2.51. The molecule has 1 heterocycles. The van der Waals surface area contributed by atoms with E-state index in [9.17, 15) is 4.79 Å². The summed E-state index contributed by atoms with van der Waals surface area (Å²) < 4.78 is 0. The molecule has 1 N–H and O–H groups in total. The van der Waals surface area contributed by atoms with E-state index in [0.29, 0.717) is 0 Å². The van der Waals surface area contributed by atoms with Crippen LogP contribution in [-0.2, 0) is 4.79 Å². The number of nitrogens with zero attached hydrogens (tertiary/aromatic N) is 1. The zero-order chi connectivity index (χ0) is 11.6. The number of ketones is 1. The number of aromatic amines is 1. The lowest BCUT2D eigenvalue weighted by atomic mass is 9.98. The van der Waals surface area contributed by atoms with Crippen molar-refractivity contribution in [3.8, 4) is 0 Å². The molecule has 0 spiro atoms. The van der Waals surface area contributed by atoms with Gasteiger partial charge in [0.25, 0.3) is 0 Å². The van der Waals surface area contributed by atoms with Crippen LogP contribution in [0.5, 0.6) is 0 Å². The average molecular weight is 208 g/mol. The number of H-pyrrole nitrogens is 1. The molecular formula is C12H20N2O. The molecule has 3 heteroatoms. The topological polar surface area (TPSA) is 36.1 Å². The molecular weight excluding hydrogens is 188 g/mol. The second kappa shape index (κ2) is 4.62. The van der Waals surface area contributed by atoms with Crippen molar-refractivity contribution in [2.24, 2.45) is 5.92 Å². The van der Waals surface area contributed by atoms with Gasteiger partial charge in [0.05, 0.1) is 0 Å². The van der Waals surface area contributed by atoms with E-state index >= 15 is 0 Å². The Bertz CT molecular complexity index is 339. The van der Waals surface area contributed by atoms with Crippen LogP contribution in [0.1, 0.15) is 31.3 Å². The van der Waals surface area contributed by atoms with Gasteiger partial charge >= 0.3 is 0 Å². The number of likely N-dealkylation sites (N-methyl/N-ethyl adjacent to an activating group) is 1. The van der Waals surface area contributed by atoms with Crippen molar-refractivity contribution in [2.75, 3.05) is 14.1 Å². The molecule has 0 aliphatic rings. The molecule has 0 aliphatic carbocycles. The van der Waals surface area contributed by atoms with Crippen molar-refractivity contribution < 1.29 is 4.79 Å². The van der Waals surface area contributed by atoms with E-state index in [1.165, 1.54) is 0 Å². The highest BCUT2D eigenvalue weighted by molar-refractivity contribution is 5.86. The fraction of sp³-hybridized carbons (Fsp3) is 0.583. The van der Waals surface area contributed by atoms with Gasteiger partial charge in [0.1, 0.15) is 6.04 Å². The van der Waals surface area contributed by atoms with Crippen LogP contribution in [-0.4, -0.2) is 29.8 Å². The zero-order valence-corrected chi connectivity index (χ0v) is 10.2. The van der Waals surface area contributed by atoms with E-state index in [1.54, 1.807) is 0 Å². The fourth-order valence-corrected chi connectivity index (χ4v) is 1.69. The minimum Gasteiger partial charge on any atom is -0.361 e. The fourth-order valence-electron chi connectivity index (χ4n) is 1.69. The van der Waals surface area contributed by atoms with Crippen molar-refractivity contribution >= 4 is 5.78 Å². The summed E-state index contributed by atoms with van der Waals surface area (Å²) in [7, 11) is 3.86. The summed E-state index contributed by atoms with van der Waals surface area (Å²) in [6, 6.07) is 3.83. The third-order valence-electron chi connectivity index (χ3n) is 2.50. The number of carbonyl (C=O) groups is 1. The van der Waals surface area contributed by atoms with Crippen molar-refractivity contribution in [3.63, 3.8) is 0 Å². The van der Waals surface area contributed by atoms with Gasteiger partial charge in [-0.25, -0.2) is 0 Å². The molecule has 0 radical (unpaired) electrons. The third-order valence-corrected chi connectivity index (χ3v) is 2.50. The molecule has 1 aromatic heterocycles. The molecule has 0 fully saturated rings. The molecule has 0 saturated heterocycles. The van der Waals surface area contributed by atoms with Gasteiger partial charge in [-0.3, -0.25) is 9.69 Å². The van der Waals surface area contributed by atoms with Crippen LogP contribution in [0.4, 0.5) is 0 Å². The van der Waals surface area contributed by atoms with Gasteiger partial charge in [0.2, 0.25) is 0 Å².